The largest absolute Gasteiger partial charge is 0.384 e. The second-order valence-electron chi connectivity index (χ2n) is 3.03. The molecule has 0 spiro atoms. The SMILES string of the molecule is CCC1=C[SH](CCOC)C(C)=C1. The van der Waals surface area contributed by atoms with Crippen molar-refractivity contribution in [2.24, 2.45) is 0 Å². The van der Waals surface area contributed by atoms with Gasteiger partial charge in [0, 0.05) is 12.9 Å². The Labute approximate surface area is 77.8 Å². The van der Waals surface area contributed by atoms with Crippen LogP contribution in [0.4, 0.5) is 0 Å². The molecule has 1 nitrogen and oxygen atoms in total. The van der Waals surface area contributed by atoms with Gasteiger partial charge in [-0.2, -0.15) is 0 Å². The first-order valence-electron chi connectivity index (χ1n) is 4.42. The Morgan fingerprint density at radius 3 is 2.75 bits per heavy atom. The third-order valence-electron chi connectivity index (χ3n) is 2.11. The lowest BCUT2D eigenvalue weighted by Crippen LogP contribution is -1.95. The molecule has 0 saturated carbocycles. The van der Waals surface area contributed by atoms with E-state index in [1.54, 1.807) is 12.0 Å². The first kappa shape index (κ1) is 9.87. The molecule has 0 aromatic carbocycles. The van der Waals surface area contributed by atoms with Crippen LogP contribution >= 0.6 is 10.9 Å². The molecular weight excluding hydrogens is 168 g/mol. The van der Waals surface area contributed by atoms with Crippen molar-refractivity contribution < 1.29 is 4.74 Å². The van der Waals surface area contributed by atoms with Gasteiger partial charge in [0.2, 0.25) is 0 Å². The molecule has 70 valence electrons. The van der Waals surface area contributed by atoms with Crippen LogP contribution < -0.4 is 0 Å². The number of ether oxygens (including phenoxy) is 1. The summed E-state index contributed by atoms with van der Waals surface area (Å²) in [5.74, 6) is 1.19. The molecule has 0 aliphatic carbocycles. The minimum Gasteiger partial charge on any atom is -0.384 e. The summed E-state index contributed by atoms with van der Waals surface area (Å²) in [5, 5.41) is 2.43. The van der Waals surface area contributed by atoms with Crippen molar-refractivity contribution in [2.75, 3.05) is 19.5 Å². The van der Waals surface area contributed by atoms with Crippen LogP contribution in [0, 0.1) is 0 Å². The fourth-order valence-corrected chi connectivity index (χ4v) is 3.37. The van der Waals surface area contributed by atoms with Crippen molar-refractivity contribution in [1.82, 2.24) is 0 Å². The van der Waals surface area contributed by atoms with Crippen molar-refractivity contribution in [3.63, 3.8) is 0 Å². The highest BCUT2D eigenvalue weighted by Gasteiger charge is 2.10. The van der Waals surface area contributed by atoms with Crippen LogP contribution in [0.25, 0.3) is 0 Å². The highest BCUT2D eigenvalue weighted by molar-refractivity contribution is 8.23. The van der Waals surface area contributed by atoms with Gasteiger partial charge >= 0.3 is 0 Å². The van der Waals surface area contributed by atoms with Gasteiger partial charge in [0.25, 0.3) is 0 Å². The van der Waals surface area contributed by atoms with Gasteiger partial charge in [-0.05, 0) is 29.2 Å². The maximum Gasteiger partial charge on any atom is 0.0542 e. The maximum absolute atomic E-state index is 5.08. The summed E-state index contributed by atoms with van der Waals surface area (Å²) in [6.07, 6.45) is 3.50. The van der Waals surface area contributed by atoms with E-state index in [-0.39, 0.29) is 10.9 Å². The second kappa shape index (κ2) is 4.73. The van der Waals surface area contributed by atoms with Crippen molar-refractivity contribution in [2.45, 2.75) is 20.3 Å². The van der Waals surface area contributed by atoms with E-state index in [9.17, 15) is 0 Å². The molecule has 0 fully saturated rings. The highest BCUT2D eigenvalue weighted by Crippen LogP contribution is 2.43. The Morgan fingerprint density at radius 2 is 2.25 bits per heavy atom. The Hall–Kier alpha value is -0.210. The lowest BCUT2D eigenvalue weighted by atomic mass is 10.2. The summed E-state index contributed by atoms with van der Waals surface area (Å²) >= 11 is 0. The average Bonchev–Trinajstić information content (AvgIpc) is 2.43. The van der Waals surface area contributed by atoms with Crippen molar-refractivity contribution in [3.05, 3.63) is 22.0 Å². The van der Waals surface area contributed by atoms with Crippen LogP contribution in [-0.2, 0) is 4.74 Å². The zero-order chi connectivity index (χ0) is 8.97. The van der Waals surface area contributed by atoms with Gasteiger partial charge in [-0.25, -0.2) is 10.9 Å². The smallest absolute Gasteiger partial charge is 0.0542 e. The zero-order valence-electron chi connectivity index (χ0n) is 8.13. The minimum absolute atomic E-state index is 0.0167. The molecule has 0 radical (unpaired) electrons. The predicted molar refractivity (Wildman–Crippen MR) is 57.9 cm³/mol. The molecule has 1 heterocycles. The monoisotopic (exact) mass is 186 g/mol. The minimum atomic E-state index is 0.0167. The summed E-state index contributed by atoms with van der Waals surface area (Å²) < 4.78 is 5.08. The Bertz CT molecular complexity index is 206. The molecular formula is C10H18OS. The van der Waals surface area contributed by atoms with Crippen molar-refractivity contribution >= 4 is 10.9 Å². The fourth-order valence-electron chi connectivity index (χ4n) is 1.31. The van der Waals surface area contributed by atoms with Crippen LogP contribution in [0.1, 0.15) is 20.3 Å². The number of methoxy groups -OCH3 is 1. The highest BCUT2D eigenvalue weighted by atomic mass is 32.2. The Kier molecular flexibility index (Phi) is 3.89. The molecule has 1 unspecified atom stereocenters. The molecule has 0 amide bonds. The summed E-state index contributed by atoms with van der Waals surface area (Å²) in [7, 11) is 1.79. The lowest BCUT2D eigenvalue weighted by molar-refractivity contribution is 0.218. The van der Waals surface area contributed by atoms with Gasteiger partial charge in [-0.3, -0.25) is 0 Å². The molecule has 0 aromatic rings. The maximum atomic E-state index is 5.08. The molecule has 12 heavy (non-hydrogen) atoms. The topological polar surface area (TPSA) is 9.23 Å². The molecule has 0 bridgehead atoms. The fraction of sp³-hybridized carbons (Fsp3) is 0.600. The van der Waals surface area contributed by atoms with Crippen molar-refractivity contribution in [1.29, 1.82) is 0 Å². The van der Waals surface area contributed by atoms with Gasteiger partial charge in [0.05, 0.1) is 6.61 Å². The molecule has 0 aromatic heterocycles. The van der Waals surface area contributed by atoms with E-state index in [4.69, 9.17) is 4.74 Å². The van der Waals surface area contributed by atoms with Crippen molar-refractivity contribution in [3.8, 4) is 0 Å². The van der Waals surface area contributed by atoms with E-state index in [0.717, 1.165) is 6.61 Å². The molecule has 0 N–H and O–H groups in total. The van der Waals surface area contributed by atoms with Gasteiger partial charge in [-0.15, -0.1) is 0 Å². The van der Waals surface area contributed by atoms with Crippen LogP contribution in [0.2, 0.25) is 0 Å². The van der Waals surface area contributed by atoms with E-state index in [0.29, 0.717) is 0 Å². The van der Waals surface area contributed by atoms with Crippen LogP contribution in [0.3, 0.4) is 0 Å². The number of hydrogen-bond acceptors (Lipinski definition) is 1. The molecule has 0 saturated heterocycles. The number of thiol groups is 1. The van der Waals surface area contributed by atoms with Crippen LogP contribution in [0.5, 0.6) is 0 Å². The molecule has 2 heteroatoms. The first-order valence-corrected chi connectivity index (χ1v) is 6.02. The number of allylic oxidation sites excluding steroid dienone is 3. The van der Waals surface area contributed by atoms with Gasteiger partial charge in [0.1, 0.15) is 0 Å². The third-order valence-corrected chi connectivity index (χ3v) is 4.46. The summed E-state index contributed by atoms with van der Waals surface area (Å²) in [6.45, 7) is 5.34. The van der Waals surface area contributed by atoms with Gasteiger partial charge in [-0.1, -0.05) is 13.0 Å². The van der Waals surface area contributed by atoms with Crippen LogP contribution in [-0.4, -0.2) is 19.5 Å². The average molecular weight is 186 g/mol. The van der Waals surface area contributed by atoms with E-state index in [1.165, 1.54) is 17.7 Å². The summed E-state index contributed by atoms with van der Waals surface area (Å²) in [6, 6.07) is 0. The molecule has 1 atom stereocenters. The third kappa shape index (κ3) is 2.39. The zero-order valence-corrected chi connectivity index (χ0v) is 9.03. The first-order chi connectivity index (χ1) is 5.77. The van der Waals surface area contributed by atoms with Gasteiger partial charge < -0.3 is 4.74 Å². The standard InChI is InChI=1S/C10H18OS/c1-4-10-7-9(2)12(8-10)6-5-11-3/h7-8,12H,4-6H2,1-3H3. The Balaban J connectivity index is 2.46. The van der Waals surface area contributed by atoms with E-state index in [1.807, 2.05) is 0 Å². The summed E-state index contributed by atoms with van der Waals surface area (Å²) in [5.41, 5.74) is 1.51. The number of hydrogen-bond donors (Lipinski definition) is 1. The predicted octanol–water partition coefficient (Wildman–Crippen LogP) is 2.85. The molecule has 1 aliphatic rings. The summed E-state index contributed by atoms with van der Waals surface area (Å²) in [4.78, 5) is 1.55. The quantitative estimate of drug-likeness (QED) is 0.664. The Morgan fingerprint density at radius 1 is 1.50 bits per heavy atom. The molecule has 1 rings (SSSR count). The molecule has 1 aliphatic heterocycles. The number of rotatable bonds is 4. The van der Waals surface area contributed by atoms with E-state index < -0.39 is 0 Å². The van der Waals surface area contributed by atoms with E-state index in [2.05, 4.69) is 25.3 Å². The van der Waals surface area contributed by atoms with Crippen LogP contribution in [0.15, 0.2) is 22.0 Å². The lowest BCUT2D eigenvalue weighted by Gasteiger charge is -2.13. The normalized spacial score (nSPS) is 25.4. The van der Waals surface area contributed by atoms with E-state index >= 15 is 0 Å². The van der Waals surface area contributed by atoms with Gasteiger partial charge in [0.15, 0.2) is 0 Å². The second-order valence-corrected chi connectivity index (χ2v) is 5.38.